The van der Waals surface area contributed by atoms with E-state index in [9.17, 15) is 0 Å². The summed E-state index contributed by atoms with van der Waals surface area (Å²) < 4.78 is 0. The summed E-state index contributed by atoms with van der Waals surface area (Å²) in [5, 5.41) is 5.48. The number of benzene rings is 4. The van der Waals surface area contributed by atoms with Crippen LogP contribution in [0, 0.1) is 42.5 Å². The van der Waals surface area contributed by atoms with Crippen LogP contribution in [0.5, 0.6) is 0 Å². The van der Waals surface area contributed by atoms with Crippen LogP contribution in [0.1, 0.15) is 73.9 Å². The van der Waals surface area contributed by atoms with Gasteiger partial charge in [-0.05, 0) is 47.4 Å². The van der Waals surface area contributed by atoms with Gasteiger partial charge in [0.25, 0.3) is 0 Å². The molecule has 0 saturated carbocycles. The Kier molecular flexibility index (Phi) is 13.8. The standard InChI is InChI=1S/C21H23.C20H21.2CH3.Si.Zr/c1-14-12-19-15(2)6-11-18(20(19)13-14)16-7-9-17(10-8-16)21(3,4)5;1-13(2)17-11-16-6-5-7-18(20(16)12-17)19-10-14(3)8-9-15(19)4;;;;/h6-13H,1-5H3;5-13H,1-4H3;2*1H3;;/q4*-1;;. The molecule has 0 N–H and O–H groups in total. The maximum absolute atomic E-state index is 3.06. The Hall–Kier alpha value is -2.80. The molecule has 234 valence electrons. The Labute approximate surface area is 291 Å². The van der Waals surface area contributed by atoms with Crippen molar-refractivity contribution in [3.8, 4) is 22.3 Å². The molecular weight excluding hydrogens is 636 g/mol. The van der Waals surface area contributed by atoms with Crippen molar-refractivity contribution in [3.63, 3.8) is 0 Å². The predicted molar refractivity (Wildman–Crippen MR) is 200 cm³/mol. The zero-order valence-electron chi connectivity index (χ0n) is 29.3. The minimum atomic E-state index is 0. The van der Waals surface area contributed by atoms with Gasteiger partial charge in [-0.15, -0.1) is 68.6 Å². The third kappa shape index (κ3) is 8.72. The first kappa shape index (κ1) is 38.4. The third-order valence-electron chi connectivity index (χ3n) is 8.43. The van der Waals surface area contributed by atoms with Crippen LogP contribution >= 0.6 is 0 Å². The fraction of sp³-hybridized carbons (Fsp3) is 0.256. The Morgan fingerprint density at radius 1 is 0.644 bits per heavy atom. The van der Waals surface area contributed by atoms with Crippen molar-refractivity contribution in [2.45, 2.75) is 73.6 Å². The third-order valence-corrected chi connectivity index (χ3v) is 8.43. The molecule has 0 unspecified atom stereocenters. The van der Waals surface area contributed by atoms with E-state index in [4.69, 9.17) is 0 Å². The molecule has 45 heavy (non-hydrogen) atoms. The Bertz CT molecular complexity index is 1840. The number of rotatable bonds is 3. The van der Waals surface area contributed by atoms with E-state index in [0.29, 0.717) is 5.92 Å². The van der Waals surface area contributed by atoms with Gasteiger partial charge < -0.3 is 14.9 Å². The summed E-state index contributed by atoms with van der Waals surface area (Å²) in [4.78, 5) is 0. The van der Waals surface area contributed by atoms with E-state index in [-0.39, 0.29) is 20.3 Å². The molecule has 2 radical (unpaired) electrons. The molecule has 0 aromatic heterocycles. The second-order valence-electron chi connectivity index (χ2n) is 13.2. The van der Waals surface area contributed by atoms with Gasteiger partial charge in [0.1, 0.15) is 0 Å². The zero-order valence-corrected chi connectivity index (χ0v) is 32.8. The second kappa shape index (κ2) is 16.2. The van der Waals surface area contributed by atoms with E-state index < -0.39 is 0 Å². The predicted octanol–water partition coefficient (Wildman–Crippen LogP) is 12.6. The summed E-state index contributed by atoms with van der Waals surface area (Å²) in [5.41, 5.74) is 13.7. The summed E-state index contributed by atoms with van der Waals surface area (Å²) in [6.45, 7) is 23.1. The van der Waals surface area contributed by atoms with Crippen LogP contribution in [0.2, 0.25) is 0 Å². The van der Waals surface area contributed by atoms with Crippen LogP contribution in [0.25, 0.3) is 43.8 Å². The van der Waals surface area contributed by atoms with Crippen LogP contribution in [0.3, 0.4) is 0 Å². The van der Waals surface area contributed by atoms with Crippen molar-refractivity contribution in [1.82, 2.24) is 0 Å². The zero-order chi connectivity index (χ0) is 31.5. The summed E-state index contributed by atoms with van der Waals surface area (Å²) in [6, 6.07) is 36.1. The molecule has 6 rings (SSSR count). The Morgan fingerprint density at radius 3 is 1.91 bits per heavy atom. The molecule has 0 heterocycles. The Morgan fingerprint density at radius 2 is 1.29 bits per heavy atom. The average Bonchev–Trinajstić information content (AvgIpc) is 3.60. The molecule has 2 heteroatoms. The van der Waals surface area contributed by atoms with E-state index in [1.54, 1.807) is 0 Å². The molecule has 0 atom stereocenters. The van der Waals surface area contributed by atoms with Crippen molar-refractivity contribution in [1.29, 1.82) is 0 Å². The van der Waals surface area contributed by atoms with Crippen molar-refractivity contribution < 1.29 is 23.3 Å². The summed E-state index contributed by atoms with van der Waals surface area (Å²) in [6.07, 6.45) is 0. The van der Waals surface area contributed by atoms with Crippen molar-refractivity contribution in [2.24, 2.45) is 0 Å². The van der Waals surface area contributed by atoms with Crippen LogP contribution < -0.4 is 0 Å². The van der Waals surface area contributed by atoms with Gasteiger partial charge >= 0.3 is 30.2 Å². The molecule has 0 nitrogen and oxygen atoms in total. The van der Waals surface area contributed by atoms with E-state index in [1.807, 2.05) is 0 Å². The maximum atomic E-state index is 3.06. The molecule has 6 aromatic rings. The fourth-order valence-corrected chi connectivity index (χ4v) is 5.84. The topological polar surface area (TPSA) is 0 Å². The monoisotopic (exact) mass is 684 g/mol. The van der Waals surface area contributed by atoms with Gasteiger partial charge in [-0.1, -0.05) is 120 Å². The van der Waals surface area contributed by atoms with Crippen molar-refractivity contribution in [3.05, 3.63) is 145 Å². The van der Waals surface area contributed by atoms with Gasteiger partial charge in [-0.25, -0.2) is 0 Å². The Balaban J connectivity index is 0.000000285. The summed E-state index contributed by atoms with van der Waals surface area (Å²) in [5.74, 6) is 0.578. The number of fused-ring (bicyclic) bond motifs is 2. The molecule has 0 aliphatic rings. The van der Waals surface area contributed by atoms with E-state index >= 15 is 0 Å². The first-order valence-corrected chi connectivity index (χ1v) is 19.4. The normalized spacial score (nSPS) is 10.8. The van der Waals surface area contributed by atoms with Crippen molar-refractivity contribution >= 4 is 28.4 Å². The van der Waals surface area contributed by atoms with Gasteiger partial charge in [0.15, 0.2) is 0 Å². The average molecular weight is 686 g/mol. The molecule has 0 fully saturated rings. The molecular formula is C43H50SiZr-4. The van der Waals surface area contributed by atoms with Crippen LogP contribution in [0.15, 0.2) is 97.1 Å². The molecule has 0 aliphatic heterocycles. The van der Waals surface area contributed by atoms with Gasteiger partial charge in [-0.3, -0.25) is 0 Å². The van der Waals surface area contributed by atoms with Gasteiger partial charge in [0.2, 0.25) is 0 Å². The van der Waals surface area contributed by atoms with Gasteiger partial charge in [0, 0.05) is 0 Å². The molecule has 0 aliphatic carbocycles. The molecule has 0 bridgehead atoms. The SMILES string of the molecule is Cc1cc2c(-c3ccc(C(C)(C)C)cc3)ccc(C)c2[cH-]1.Cc1ccc(C)c(-c2cccc3[cH-]c(C(C)C)cc23)c1.[CH3-].[CH3-].[Si]=[Zr]. The van der Waals surface area contributed by atoms with Gasteiger partial charge in [-0.2, -0.15) is 12.1 Å². The molecule has 0 amide bonds. The molecule has 0 saturated heterocycles. The van der Waals surface area contributed by atoms with Crippen LogP contribution in [-0.2, 0) is 28.8 Å². The number of hydrogen-bond donors (Lipinski definition) is 0. The van der Waals surface area contributed by atoms with Gasteiger partial charge in [0.05, 0.1) is 0 Å². The summed E-state index contributed by atoms with van der Waals surface area (Å²) in [7, 11) is 0. The second-order valence-corrected chi connectivity index (χ2v) is 13.2. The quantitative estimate of drug-likeness (QED) is 0.128. The first-order chi connectivity index (χ1) is 20.4. The molecule has 0 spiro atoms. The van der Waals surface area contributed by atoms with Crippen molar-refractivity contribution in [2.75, 3.05) is 0 Å². The number of hydrogen-bond acceptors (Lipinski definition) is 0. The van der Waals surface area contributed by atoms with E-state index in [2.05, 4.69) is 166 Å². The number of aryl methyl sites for hydroxylation is 4. The van der Waals surface area contributed by atoms with Crippen LogP contribution in [-0.4, -0.2) is 6.88 Å². The molecule has 6 aromatic carbocycles. The van der Waals surface area contributed by atoms with Crippen LogP contribution in [0.4, 0.5) is 0 Å². The van der Waals surface area contributed by atoms with E-state index in [0.717, 1.165) is 0 Å². The fourth-order valence-electron chi connectivity index (χ4n) is 5.84. The summed E-state index contributed by atoms with van der Waals surface area (Å²) >= 11 is 1.36. The minimum absolute atomic E-state index is 0. The van der Waals surface area contributed by atoms with E-state index in [1.165, 1.54) is 101 Å². The first-order valence-electron chi connectivity index (χ1n) is 15.2.